The zero-order valence-electron chi connectivity index (χ0n) is 12.0. The first-order chi connectivity index (χ1) is 10.6. The summed E-state index contributed by atoms with van der Waals surface area (Å²) in [7, 11) is 1.48. The van der Waals surface area contributed by atoms with Crippen molar-refractivity contribution < 1.29 is 24.5 Å². The van der Waals surface area contributed by atoms with Crippen molar-refractivity contribution in [3.05, 3.63) is 53.6 Å². The molecular weight excluding hydrogens is 284 g/mol. The lowest BCUT2D eigenvalue weighted by Gasteiger charge is -2.17. The Bertz CT molecular complexity index is 693. The molecule has 0 aliphatic carbocycles. The van der Waals surface area contributed by atoms with E-state index in [4.69, 9.17) is 9.47 Å². The molecule has 2 aromatic rings. The van der Waals surface area contributed by atoms with E-state index >= 15 is 0 Å². The number of rotatable bonds is 3. The minimum atomic E-state index is -0.435. The van der Waals surface area contributed by atoms with Crippen molar-refractivity contribution in [1.29, 1.82) is 0 Å². The normalized spacial score (nSPS) is 20.7. The van der Waals surface area contributed by atoms with Gasteiger partial charge in [-0.15, -0.1) is 0 Å². The Kier molecular flexibility index (Phi) is 3.63. The van der Waals surface area contributed by atoms with Gasteiger partial charge in [-0.25, -0.2) is 0 Å². The molecule has 5 nitrogen and oxygen atoms in total. The summed E-state index contributed by atoms with van der Waals surface area (Å²) >= 11 is 0. The molecular formula is C17H16O5. The van der Waals surface area contributed by atoms with Crippen molar-refractivity contribution in [2.75, 3.05) is 13.7 Å². The maximum absolute atomic E-state index is 12.1. The third kappa shape index (κ3) is 2.45. The Morgan fingerprint density at radius 1 is 1.09 bits per heavy atom. The van der Waals surface area contributed by atoms with Gasteiger partial charge in [0.1, 0.15) is 5.75 Å². The summed E-state index contributed by atoms with van der Waals surface area (Å²) in [4.78, 5) is 12.1. The molecule has 0 radical (unpaired) electrons. The first-order valence-corrected chi connectivity index (χ1v) is 6.92. The molecule has 5 heteroatoms. The number of hydrogen-bond donors (Lipinski definition) is 2. The van der Waals surface area contributed by atoms with Crippen LogP contribution in [-0.4, -0.2) is 29.9 Å². The van der Waals surface area contributed by atoms with Crippen LogP contribution in [-0.2, 0) is 9.53 Å². The Balaban J connectivity index is 1.98. The fourth-order valence-corrected chi connectivity index (χ4v) is 2.79. The molecule has 0 saturated carbocycles. The van der Waals surface area contributed by atoms with Gasteiger partial charge in [-0.05, 0) is 35.4 Å². The molecule has 3 rings (SSSR count). The minimum absolute atomic E-state index is 0.0534. The van der Waals surface area contributed by atoms with Crippen LogP contribution >= 0.6 is 0 Å². The maximum atomic E-state index is 12.1. The molecule has 2 N–H and O–H groups in total. The van der Waals surface area contributed by atoms with E-state index in [1.807, 2.05) is 0 Å². The number of carbonyl (C=O) groups is 1. The number of ether oxygens (including phenoxy) is 2. The fourth-order valence-electron chi connectivity index (χ4n) is 2.79. The second-order valence-electron chi connectivity index (χ2n) is 5.24. The van der Waals surface area contributed by atoms with E-state index in [1.54, 1.807) is 42.5 Å². The lowest BCUT2D eigenvalue weighted by molar-refractivity contribution is -0.139. The SMILES string of the molecule is COc1cc([C@@H]2COC(=O)[C@H]2c2ccc(O)cc2)ccc1O. The zero-order chi connectivity index (χ0) is 15.7. The lowest BCUT2D eigenvalue weighted by Crippen LogP contribution is -2.12. The largest absolute Gasteiger partial charge is 0.508 e. The van der Waals surface area contributed by atoms with Crippen molar-refractivity contribution in [2.45, 2.75) is 11.8 Å². The van der Waals surface area contributed by atoms with Crippen molar-refractivity contribution >= 4 is 5.97 Å². The number of carbonyl (C=O) groups excluding carboxylic acids is 1. The number of phenolic OH excluding ortho intramolecular Hbond substituents is 2. The predicted molar refractivity (Wildman–Crippen MR) is 79.2 cm³/mol. The van der Waals surface area contributed by atoms with Crippen LogP contribution in [0.2, 0.25) is 0 Å². The van der Waals surface area contributed by atoms with E-state index in [1.165, 1.54) is 7.11 Å². The molecule has 2 aromatic carbocycles. The summed E-state index contributed by atoms with van der Waals surface area (Å²) in [6, 6.07) is 11.6. The Morgan fingerprint density at radius 3 is 2.45 bits per heavy atom. The van der Waals surface area contributed by atoms with Gasteiger partial charge in [0.05, 0.1) is 19.6 Å². The molecule has 1 heterocycles. The fraction of sp³-hybridized carbons (Fsp3) is 0.235. The first-order valence-electron chi connectivity index (χ1n) is 6.92. The molecule has 0 bridgehead atoms. The zero-order valence-corrected chi connectivity index (χ0v) is 12.0. The number of cyclic esters (lactones) is 1. The topological polar surface area (TPSA) is 76.0 Å². The highest BCUT2D eigenvalue weighted by atomic mass is 16.5. The van der Waals surface area contributed by atoms with Crippen LogP contribution in [0.15, 0.2) is 42.5 Å². The summed E-state index contributed by atoms with van der Waals surface area (Å²) in [6.45, 7) is 0.276. The van der Waals surface area contributed by atoms with Crippen LogP contribution in [0, 0.1) is 0 Å². The van der Waals surface area contributed by atoms with E-state index in [0.717, 1.165) is 11.1 Å². The van der Waals surface area contributed by atoms with E-state index in [9.17, 15) is 15.0 Å². The van der Waals surface area contributed by atoms with Gasteiger partial charge in [0.15, 0.2) is 11.5 Å². The third-order valence-electron chi connectivity index (χ3n) is 3.95. The van der Waals surface area contributed by atoms with Gasteiger partial charge in [0.25, 0.3) is 0 Å². The van der Waals surface area contributed by atoms with Gasteiger partial charge < -0.3 is 19.7 Å². The van der Waals surface area contributed by atoms with Crippen molar-refractivity contribution in [2.24, 2.45) is 0 Å². The van der Waals surface area contributed by atoms with E-state index < -0.39 is 5.92 Å². The van der Waals surface area contributed by atoms with Crippen molar-refractivity contribution in [3.8, 4) is 17.2 Å². The second-order valence-corrected chi connectivity index (χ2v) is 5.24. The lowest BCUT2D eigenvalue weighted by atomic mass is 9.83. The highest BCUT2D eigenvalue weighted by Crippen LogP contribution is 2.41. The molecule has 0 aromatic heterocycles. The summed E-state index contributed by atoms with van der Waals surface area (Å²) in [5.41, 5.74) is 1.65. The molecule has 1 fully saturated rings. The van der Waals surface area contributed by atoms with Gasteiger partial charge >= 0.3 is 5.97 Å². The summed E-state index contributed by atoms with van der Waals surface area (Å²) in [5, 5.41) is 19.1. The van der Waals surface area contributed by atoms with E-state index in [2.05, 4.69) is 0 Å². The third-order valence-corrected chi connectivity index (χ3v) is 3.95. The number of hydrogen-bond acceptors (Lipinski definition) is 5. The number of esters is 1. The van der Waals surface area contributed by atoms with Crippen LogP contribution in [0.5, 0.6) is 17.2 Å². The van der Waals surface area contributed by atoms with E-state index in [0.29, 0.717) is 5.75 Å². The number of benzene rings is 2. The van der Waals surface area contributed by atoms with Crippen LogP contribution in [0.4, 0.5) is 0 Å². The number of methoxy groups -OCH3 is 1. The molecule has 1 aliphatic heterocycles. The average molecular weight is 300 g/mol. The Morgan fingerprint density at radius 2 is 1.77 bits per heavy atom. The summed E-state index contributed by atoms with van der Waals surface area (Å²) < 4.78 is 10.3. The molecule has 0 unspecified atom stereocenters. The molecule has 1 aliphatic rings. The maximum Gasteiger partial charge on any atom is 0.314 e. The van der Waals surface area contributed by atoms with Crippen LogP contribution in [0.1, 0.15) is 23.0 Å². The molecule has 2 atom stereocenters. The van der Waals surface area contributed by atoms with Crippen LogP contribution in [0.3, 0.4) is 0 Å². The quantitative estimate of drug-likeness (QED) is 0.852. The second kappa shape index (κ2) is 5.60. The van der Waals surface area contributed by atoms with Gasteiger partial charge in [0.2, 0.25) is 0 Å². The van der Waals surface area contributed by atoms with Crippen LogP contribution in [0.25, 0.3) is 0 Å². The van der Waals surface area contributed by atoms with Crippen molar-refractivity contribution in [3.63, 3.8) is 0 Å². The highest BCUT2D eigenvalue weighted by Gasteiger charge is 2.39. The minimum Gasteiger partial charge on any atom is -0.508 e. The Labute approximate surface area is 127 Å². The predicted octanol–water partition coefficient (Wildman–Crippen LogP) is 2.53. The number of aromatic hydroxyl groups is 2. The smallest absolute Gasteiger partial charge is 0.314 e. The molecule has 0 amide bonds. The average Bonchev–Trinajstić information content (AvgIpc) is 2.90. The van der Waals surface area contributed by atoms with Crippen LogP contribution < -0.4 is 4.74 Å². The van der Waals surface area contributed by atoms with Gasteiger partial charge in [-0.2, -0.15) is 0 Å². The van der Waals surface area contributed by atoms with Gasteiger partial charge in [-0.3, -0.25) is 4.79 Å². The first kappa shape index (κ1) is 14.3. The van der Waals surface area contributed by atoms with Crippen molar-refractivity contribution in [1.82, 2.24) is 0 Å². The number of phenols is 2. The molecule has 22 heavy (non-hydrogen) atoms. The molecule has 0 spiro atoms. The van der Waals surface area contributed by atoms with Gasteiger partial charge in [-0.1, -0.05) is 18.2 Å². The van der Waals surface area contributed by atoms with E-state index in [-0.39, 0.29) is 30.0 Å². The molecule has 114 valence electrons. The standard InChI is InChI=1S/C17H16O5/c1-21-15-8-11(4-7-14(15)19)13-9-22-17(20)16(13)10-2-5-12(18)6-3-10/h2-8,13,16,18-19H,9H2,1H3/t13-,16-/m0/s1. The summed E-state index contributed by atoms with van der Waals surface area (Å²) in [5.74, 6) is -0.318. The summed E-state index contributed by atoms with van der Waals surface area (Å²) in [6.07, 6.45) is 0. The molecule has 1 saturated heterocycles. The van der Waals surface area contributed by atoms with Gasteiger partial charge in [0, 0.05) is 5.92 Å². The highest BCUT2D eigenvalue weighted by molar-refractivity contribution is 5.82. The Hall–Kier alpha value is -2.69. The monoisotopic (exact) mass is 300 g/mol.